The van der Waals surface area contributed by atoms with E-state index < -0.39 is 0 Å². The van der Waals surface area contributed by atoms with E-state index in [1.54, 1.807) is 4.68 Å². The monoisotopic (exact) mass is 279 g/mol. The van der Waals surface area contributed by atoms with Crippen molar-refractivity contribution >= 4 is 16.6 Å². The molecule has 5 heteroatoms. The molecule has 0 saturated heterocycles. The van der Waals surface area contributed by atoms with Gasteiger partial charge in [-0.3, -0.25) is 4.68 Å². The zero-order chi connectivity index (χ0) is 15.1. The highest BCUT2D eigenvalue weighted by Gasteiger charge is 2.16. The van der Waals surface area contributed by atoms with Crippen molar-refractivity contribution < 1.29 is 0 Å². The van der Waals surface area contributed by atoms with Gasteiger partial charge in [0.05, 0.1) is 11.2 Å². The molecule has 21 heavy (non-hydrogen) atoms. The molecule has 0 aliphatic rings. The molecular formula is C16H17N5. The molecule has 1 aromatic carbocycles. The highest BCUT2D eigenvalue weighted by atomic mass is 15.3. The lowest BCUT2D eigenvalue weighted by molar-refractivity contribution is 0.623. The van der Waals surface area contributed by atoms with E-state index >= 15 is 0 Å². The molecule has 0 atom stereocenters. The van der Waals surface area contributed by atoms with Gasteiger partial charge in [-0.25, -0.2) is 0 Å². The summed E-state index contributed by atoms with van der Waals surface area (Å²) in [7, 11) is 1.85. The van der Waals surface area contributed by atoms with Crippen LogP contribution in [0.4, 0.5) is 5.69 Å². The van der Waals surface area contributed by atoms with Crippen molar-refractivity contribution in [2.75, 3.05) is 5.73 Å². The maximum Gasteiger partial charge on any atom is 0.163 e. The summed E-state index contributed by atoms with van der Waals surface area (Å²) in [5, 5.41) is 14.3. The molecular weight excluding hydrogens is 262 g/mol. The van der Waals surface area contributed by atoms with Crippen LogP contribution in [-0.2, 0) is 7.05 Å². The van der Waals surface area contributed by atoms with Crippen molar-refractivity contribution in [2.45, 2.75) is 19.9 Å². The lowest BCUT2D eigenvalue weighted by Crippen LogP contribution is -1.98. The molecule has 2 aromatic heterocycles. The highest BCUT2D eigenvalue weighted by Crippen LogP contribution is 2.33. The van der Waals surface area contributed by atoms with E-state index in [0.29, 0.717) is 11.7 Å². The number of rotatable bonds is 2. The number of nitrogen functional groups attached to an aromatic ring is 1. The van der Waals surface area contributed by atoms with Gasteiger partial charge in [-0.15, -0.1) is 0 Å². The van der Waals surface area contributed by atoms with E-state index in [1.165, 1.54) is 0 Å². The Morgan fingerprint density at radius 3 is 2.67 bits per heavy atom. The van der Waals surface area contributed by atoms with Crippen LogP contribution in [-0.4, -0.2) is 14.3 Å². The number of aryl methyl sites for hydroxylation is 1. The molecule has 0 radical (unpaired) electrons. The summed E-state index contributed by atoms with van der Waals surface area (Å²) in [6.45, 7) is 4.27. The number of benzene rings is 1. The molecule has 106 valence electrons. The number of aromatic nitrogens is 3. The fourth-order valence-electron chi connectivity index (χ4n) is 2.67. The summed E-state index contributed by atoms with van der Waals surface area (Å²) in [5.74, 6) is 0. The van der Waals surface area contributed by atoms with Gasteiger partial charge in [-0.1, -0.05) is 6.07 Å². The molecule has 2 N–H and O–H groups in total. The van der Waals surface area contributed by atoms with Crippen LogP contribution in [0, 0.1) is 11.3 Å². The average molecular weight is 279 g/mol. The second-order valence-corrected chi connectivity index (χ2v) is 5.47. The van der Waals surface area contributed by atoms with Gasteiger partial charge in [-0.2, -0.15) is 10.4 Å². The third kappa shape index (κ3) is 2.05. The summed E-state index contributed by atoms with van der Waals surface area (Å²) in [6, 6.07) is 10.1. The number of anilines is 1. The molecule has 0 aliphatic heterocycles. The lowest BCUT2D eigenvalue weighted by atomic mass is 10.1. The van der Waals surface area contributed by atoms with E-state index in [1.807, 2.05) is 31.3 Å². The van der Waals surface area contributed by atoms with E-state index in [0.717, 1.165) is 27.8 Å². The van der Waals surface area contributed by atoms with Gasteiger partial charge in [-0.05, 0) is 26.0 Å². The minimum atomic E-state index is 0.326. The number of fused-ring (bicyclic) bond motifs is 1. The Morgan fingerprint density at radius 2 is 2.05 bits per heavy atom. The fourth-order valence-corrected chi connectivity index (χ4v) is 2.67. The molecule has 5 nitrogen and oxygen atoms in total. The van der Waals surface area contributed by atoms with Crippen molar-refractivity contribution in [3.8, 4) is 17.3 Å². The van der Waals surface area contributed by atoms with Crippen molar-refractivity contribution in [2.24, 2.45) is 7.05 Å². The van der Waals surface area contributed by atoms with Gasteiger partial charge in [0.1, 0.15) is 6.07 Å². The molecule has 0 spiro atoms. The Morgan fingerprint density at radius 1 is 1.29 bits per heavy atom. The van der Waals surface area contributed by atoms with Gasteiger partial charge in [0.25, 0.3) is 0 Å². The Labute approximate surface area is 123 Å². The largest absolute Gasteiger partial charge is 0.399 e. The summed E-state index contributed by atoms with van der Waals surface area (Å²) in [4.78, 5) is 0. The van der Waals surface area contributed by atoms with E-state index in [9.17, 15) is 0 Å². The molecule has 0 aliphatic carbocycles. The van der Waals surface area contributed by atoms with Crippen LogP contribution in [0.1, 0.15) is 25.6 Å². The molecule has 0 unspecified atom stereocenters. The first kappa shape index (κ1) is 13.3. The Bertz CT molecular complexity index is 861. The number of nitrogens with two attached hydrogens (primary N) is 1. The number of hydrogen-bond donors (Lipinski definition) is 1. The first-order valence-corrected chi connectivity index (χ1v) is 6.86. The maximum absolute atomic E-state index is 9.02. The first-order valence-electron chi connectivity index (χ1n) is 6.86. The predicted molar refractivity (Wildman–Crippen MR) is 83.7 cm³/mol. The van der Waals surface area contributed by atoms with Gasteiger partial charge in [0, 0.05) is 42.0 Å². The molecule has 0 bridgehead atoms. The first-order chi connectivity index (χ1) is 10.0. The van der Waals surface area contributed by atoms with E-state index in [4.69, 9.17) is 11.0 Å². The molecule has 3 rings (SSSR count). The molecule has 3 aromatic rings. The Balaban J connectivity index is 2.33. The third-order valence-corrected chi connectivity index (χ3v) is 3.68. The minimum absolute atomic E-state index is 0.326. The van der Waals surface area contributed by atoms with Crippen LogP contribution in [0.5, 0.6) is 0 Å². The van der Waals surface area contributed by atoms with Crippen LogP contribution in [0.2, 0.25) is 0 Å². The van der Waals surface area contributed by atoms with E-state index in [-0.39, 0.29) is 0 Å². The molecule has 0 fully saturated rings. The minimum Gasteiger partial charge on any atom is -0.399 e. The van der Waals surface area contributed by atoms with Crippen LogP contribution >= 0.6 is 0 Å². The van der Waals surface area contributed by atoms with Crippen molar-refractivity contribution in [3.05, 3.63) is 36.2 Å². The standard InChI is InChI=1S/C16H17N5/c1-10(2)21-9-14(13-5-4-11(18)6-16(13)21)15-7-12(8-17)19-20(15)3/h4-7,9-10H,18H2,1-3H3. The van der Waals surface area contributed by atoms with Crippen molar-refractivity contribution in [1.29, 1.82) is 5.26 Å². The van der Waals surface area contributed by atoms with Gasteiger partial charge in [0.2, 0.25) is 0 Å². The zero-order valence-electron chi connectivity index (χ0n) is 12.3. The smallest absolute Gasteiger partial charge is 0.163 e. The number of nitrogens with zero attached hydrogens (tertiary/aromatic N) is 4. The van der Waals surface area contributed by atoms with Crippen molar-refractivity contribution in [1.82, 2.24) is 14.3 Å². The Hall–Kier alpha value is -2.74. The molecule has 0 amide bonds. The van der Waals surface area contributed by atoms with Gasteiger partial charge < -0.3 is 10.3 Å². The number of nitriles is 1. The third-order valence-electron chi connectivity index (χ3n) is 3.68. The summed E-state index contributed by atoms with van der Waals surface area (Å²) < 4.78 is 3.94. The van der Waals surface area contributed by atoms with Crippen LogP contribution < -0.4 is 5.73 Å². The van der Waals surface area contributed by atoms with Crippen molar-refractivity contribution in [3.63, 3.8) is 0 Å². The maximum atomic E-state index is 9.02. The average Bonchev–Trinajstić information content (AvgIpc) is 2.98. The van der Waals surface area contributed by atoms with Gasteiger partial charge >= 0.3 is 0 Å². The highest BCUT2D eigenvalue weighted by molar-refractivity contribution is 5.97. The second kappa shape index (κ2) is 4.67. The Kier molecular flexibility index (Phi) is 2.95. The SMILES string of the molecule is CC(C)n1cc(-c2cc(C#N)nn2C)c2ccc(N)cc21. The van der Waals surface area contributed by atoms with Crippen LogP contribution in [0.3, 0.4) is 0 Å². The summed E-state index contributed by atoms with van der Waals surface area (Å²) in [6.07, 6.45) is 2.10. The van der Waals surface area contributed by atoms with Gasteiger partial charge in [0.15, 0.2) is 5.69 Å². The second-order valence-electron chi connectivity index (χ2n) is 5.47. The quantitative estimate of drug-likeness (QED) is 0.733. The normalized spacial score (nSPS) is 11.2. The zero-order valence-corrected chi connectivity index (χ0v) is 12.3. The predicted octanol–water partition coefficient (Wildman–Crippen LogP) is 3.08. The van der Waals surface area contributed by atoms with Crippen LogP contribution in [0.25, 0.3) is 22.2 Å². The molecule has 0 saturated carbocycles. The topological polar surface area (TPSA) is 72.6 Å². The lowest BCUT2D eigenvalue weighted by Gasteiger charge is -2.09. The number of hydrogen-bond acceptors (Lipinski definition) is 3. The summed E-state index contributed by atoms with van der Waals surface area (Å²) in [5.41, 5.74) is 10.2. The summed E-state index contributed by atoms with van der Waals surface area (Å²) >= 11 is 0. The van der Waals surface area contributed by atoms with E-state index in [2.05, 4.69) is 35.8 Å². The molecule has 2 heterocycles. The fraction of sp³-hybridized carbons (Fsp3) is 0.250. The van der Waals surface area contributed by atoms with Crippen LogP contribution in [0.15, 0.2) is 30.5 Å².